The van der Waals surface area contributed by atoms with Crippen molar-refractivity contribution in [2.75, 3.05) is 31.1 Å². The SMILES string of the molecule is C=C1C2C=C(CN3CCC[C@H](C)C3)C=C(C(F)(F)F)C2CN1c1cccc(C2CC(C#CCC)C2)c1. The fourth-order valence-corrected chi connectivity index (χ4v) is 6.48. The van der Waals surface area contributed by atoms with E-state index in [0.29, 0.717) is 30.8 Å². The Morgan fingerprint density at radius 2 is 1.97 bits per heavy atom. The number of allylic oxidation sites excluding steroid dienone is 1. The van der Waals surface area contributed by atoms with Gasteiger partial charge in [-0.15, -0.1) is 5.92 Å². The first-order chi connectivity index (χ1) is 17.2. The third kappa shape index (κ3) is 5.16. The second-order valence-electron chi connectivity index (χ2n) is 11.2. The number of benzene rings is 1. The van der Waals surface area contributed by atoms with E-state index in [2.05, 4.69) is 55.4 Å². The summed E-state index contributed by atoms with van der Waals surface area (Å²) in [7, 11) is 0. The molecule has 5 rings (SSSR count). The molecule has 0 amide bonds. The predicted octanol–water partition coefficient (Wildman–Crippen LogP) is 7.32. The molecule has 2 unspecified atom stereocenters. The van der Waals surface area contributed by atoms with Crippen LogP contribution in [0.15, 0.2) is 59.8 Å². The summed E-state index contributed by atoms with van der Waals surface area (Å²) in [5.41, 5.74) is 3.37. The minimum Gasteiger partial charge on any atom is -0.344 e. The topological polar surface area (TPSA) is 6.48 Å². The Bertz CT molecular complexity index is 1110. The number of hydrogen-bond acceptors (Lipinski definition) is 2. The summed E-state index contributed by atoms with van der Waals surface area (Å²) >= 11 is 0. The van der Waals surface area contributed by atoms with Gasteiger partial charge in [0.05, 0.1) is 0 Å². The van der Waals surface area contributed by atoms with Crippen LogP contribution >= 0.6 is 0 Å². The van der Waals surface area contributed by atoms with Crippen LogP contribution in [0.5, 0.6) is 0 Å². The first-order valence-corrected chi connectivity index (χ1v) is 13.5. The third-order valence-corrected chi connectivity index (χ3v) is 8.43. The van der Waals surface area contributed by atoms with Crippen molar-refractivity contribution in [1.82, 2.24) is 4.90 Å². The van der Waals surface area contributed by atoms with Gasteiger partial charge in [-0.3, -0.25) is 4.90 Å². The lowest BCUT2D eigenvalue weighted by Gasteiger charge is -2.33. The van der Waals surface area contributed by atoms with E-state index in [1.165, 1.54) is 18.1 Å². The van der Waals surface area contributed by atoms with Gasteiger partial charge in [-0.2, -0.15) is 13.2 Å². The van der Waals surface area contributed by atoms with Gasteiger partial charge < -0.3 is 4.90 Å². The molecule has 1 aromatic carbocycles. The van der Waals surface area contributed by atoms with Crippen LogP contribution in [-0.4, -0.2) is 37.3 Å². The summed E-state index contributed by atoms with van der Waals surface area (Å²) in [4.78, 5) is 4.33. The summed E-state index contributed by atoms with van der Waals surface area (Å²) < 4.78 is 42.7. The number of anilines is 1. The van der Waals surface area contributed by atoms with Gasteiger partial charge in [0.25, 0.3) is 0 Å². The van der Waals surface area contributed by atoms with E-state index in [1.807, 2.05) is 17.0 Å². The molecule has 0 bridgehead atoms. The van der Waals surface area contributed by atoms with Crippen LogP contribution in [0.3, 0.4) is 0 Å². The average Bonchev–Trinajstić information content (AvgIpc) is 3.13. The highest BCUT2D eigenvalue weighted by Crippen LogP contribution is 2.49. The predicted molar refractivity (Wildman–Crippen MR) is 140 cm³/mol. The molecular formula is C31H37F3N2. The van der Waals surface area contributed by atoms with Crippen molar-refractivity contribution in [2.24, 2.45) is 23.7 Å². The molecule has 192 valence electrons. The van der Waals surface area contributed by atoms with Gasteiger partial charge in [0.1, 0.15) is 0 Å². The molecule has 3 fully saturated rings. The van der Waals surface area contributed by atoms with Gasteiger partial charge in [-0.1, -0.05) is 44.6 Å². The van der Waals surface area contributed by atoms with Crippen molar-refractivity contribution in [3.8, 4) is 11.8 Å². The number of nitrogens with zero attached hydrogens (tertiary/aromatic N) is 2. The number of rotatable bonds is 4. The molecule has 1 aromatic rings. The molecule has 2 aliphatic carbocycles. The molecule has 36 heavy (non-hydrogen) atoms. The molecule has 2 heterocycles. The largest absolute Gasteiger partial charge is 0.413 e. The molecular weight excluding hydrogens is 457 g/mol. The van der Waals surface area contributed by atoms with Crippen molar-refractivity contribution in [2.45, 2.75) is 58.0 Å². The van der Waals surface area contributed by atoms with Gasteiger partial charge in [-0.05, 0) is 73.4 Å². The quantitative estimate of drug-likeness (QED) is 0.405. The molecule has 0 aromatic heterocycles. The molecule has 3 atom stereocenters. The summed E-state index contributed by atoms with van der Waals surface area (Å²) in [5.74, 6) is 7.13. The van der Waals surface area contributed by atoms with E-state index in [4.69, 9.17) is 0 Å². The summed E-state index contributed by atoms with van der Waals surface area (Å²) in [5, 5.41) is 0. The average molecular weight is 495 g/mol. The fourth-order valence-electron chi connectivity index (χ4n) is 6.48. The molecule has 0 N–H and O–H groups in total. The molecule has 2 aliphatic heterocycles. The number of alkyl halides is 3. The normalized spacial score (nSPS) is 30.6. The molecule has 5 heteroatoms. The maximum Gasteiger partial charge on any atom is 0.413 e. The van der Waals surface area contributed by atoms with Crippen LogP contribution in [0.2, 0.25) is 0 Å². The van der Waals surface area contributed by atoms with Gasteiger partial charge in [-0.25, -0.2) is 0 Å². The second kappa shape index (κ2) is 10.1. The number of piperidine rings is 1. The molecule has 0 spiro atoms. The van der Waals surface area contributed by atoms with Gasteiger partial charge >= 0.3 is 6.18 Å². The summed E-state index contributed by atoms with van der Waals surface area (Å²) in [6, 6.07) is 8.34. The highest BCUT2D eigenvalue weighted by molar-refractivity contribution is 5.59. The zero-order valence-electron chi connectivity index (χ0n) is 21.5. The number of likely N-dealkylation sites (tertiary alicyclic amines) is 1. The minimum atomic E-state index is -4.34. The lowest BCUT2D eigenvalue weighted by Crippen LogP contribution is -2.36. The van der Waals surface area contributed by atoms with Crippen LogP contribution in [0, 0.1) is 35.5 Å². The van der Waals surface area contributed by atoms with Crippen molar-refractivity contribution in [1.29, 1.82) is 0 Å². The maximum atomic E-state index is 14.2. The standard InChI is InChI=1S/C31H37F3N2/c1-4-5-9-23-13-26(14-23)25-10-6-11-27(17-25)36-20-29-28(22(36)3)15-24(16-30(29)31(32,33)34)19-35-12-7-8-21(2)18-35/h6,10-11,15-17,21,23,26,28-29H,3-4,7-8,12-14,18-20H2,1-2H3/t21-,23?,26?,28?,29?/m0/s1. The first-order valence-electron chi connectivity index (χ1n) is 13.5. The molecule has 4 aliphatic rings. The van der Waals surface area contributed by atoms with Gasteiger partial charge in [0.15, 0.2) is 0 Å². The van der Waals surface area contributed by atoms with Crippen LogP contribution < -0.4 is 4.90 Å². The van der Waals surface area contributed by atoms with E-state index in [-0.39, 0.29) is 5.92 Å². The van der Waals surface area contributed by atoms with E-state index in [0.717, 1.165) is 55.7 Å². The molecule has 1 saturated carbocycles. The Morgan fingerprint density at radius 1 is 1.17 bits per heavy atom. The van der Waals surface area contributed by atoms with Crippen LogP contribution in [-0.2, 0) is 0 Å². The summed E-state index contributed by atoms with van der Waals surface area (Å²) in [6.07, 6.45) is 4.47. The Hall–Kier alpha value is -2.45. The zero-order valence-corrected chi connectivity index (χ0v) is 21.5. The Labute approximate surface area is 213 Å². The zero-order chi connectivity index (χ0) is 25.4. The highest BCUT2D eigenvalue weighted by Gasteiger charge is 2.48. The van der Waals surface area contributed by atoms with E-state index in [1.54, 1.807) is 0 Å². The van der Waals surface area contributed by atoms with E-state index in [9.17, 15) is 13.2 Å². The monoisotopic (exact) mass is 494 g/mol. The molecule has 2 saturated heterocycles. The van der Waals surface area contributed by atoms with Gasteiger partial charge in [0, 0.05) is 60.8 Å². The van der Waals surface area contributed by atoms with Crippen molar-refractivity contribution >= 4 is 5.69 Å². The summed E-state index contributed by atoms with van der Waals surface area (Å²) in [6.45, 7) is 11.4. The Kier molecular flexibility index (Phi) is 7.10. The molecule has 2 nitrogen and oxygen atoms in total. The van der Waals surface area contributed by atoms with Crippen LogP contribution in [0.1, 0.15) is 57.4 Å². The fraction of sp³-hybridized carbons (Fsp3) is 0.548. The second-order valence-corrected chi connectivity index (χ2v) is 11.2. The highest BCUT2D eigenvalue weighted by atomic mass is 19.4. The van der Waals surface area contributed by atoms with Crippen molar-refractivity contribution in [3.63, 3.8) is 0 Å². The van der Waals surface area contributed by atoms with Crippen LogP contribution in [0.4, 0.5) is 18.9 Å². The molecule has 0 radical (unpaired) electrons. The smallest absolute Gasteiger partial charge is 0.344 e. The minimum absolute atomic E-state index is 0.315. The van der Waals surface area contributed by atoms with E-state index < -0.39 is 17.7 Å². The van der Waals surface area contributed by atoms with E-state index >= 15 is 0 Å². The number of fused-ring (bicyclic) bond motifs is 1. The maximum absolute atomic E-state index is 14.2. The first kappa shape index (κ1) is 25.2. The van der Waals surface area contributed by atoms with Crippen molar-refractivity contribution in [3.05, 3.63) is 65.4 Å². The lowest BCUT2D eigenvalue weighted by molar-refractivity contribution is -0.0995. The van der Waals surface area contributed by atoms with Crippen molar-refractivity contribution < 1.29 is 13.2 Å². The Balaban J connectivity index is 1.35. The number of halogens is 3. The lowest BCUT2D eigenvalue weighted by atomic mass is 9.71. The third-order valence-electron chi connectivity index (χ3n) is 8.43. The van der Waals surface area contributed by atoms with Crippen LogP contribution in [0.25, 0.3) is 0 Å². The number of hydrogen-bond donors (Lipinski definition) is 0. The van der Waals surface area contributed by atoms with Gasteiger partial charge in [0.2, 0.25) is 0 Å². The Morgan fingerprint density at radius 3 is 2.69 bits per heavy atom.